The van der Waals surface area contributed by atoms with E-state index in [-0.39, 0.29) is 11.3 Å². The van der Waals surface area contributed by atoms with Gasteiger partial charge in [0.15, 0.2) is 0 Å². The summed E-state index contributed by atoms with van der Waals surface area (Å²) in [6.07, 6.45) is 1.62. The largest absolute Gasteiger partial charge is 0.439 e. The van der Waals surface area contributed by atoms with Gasteiger partial charge in [-0.25, -0.2) is 9.78 Å². The zero-order chi connectivity index (χ0) is 17.6. The van der Waals surface area contributed by atoms with Gasteiger partial charge in [0.25, 0.3) is 5.69 Å². The van der Waals surface area contributed by atoms with E-state index in [0.717, 1.165) is 0 Å². The van der Waals surface area contributed by atoms with Gasteiger partial charge in [0, 0.05) is 24.4 Å². The van der Waals surface area contributed by atoms with Gasteiger partial charge in [-0.05, 0) is 36.4 Å². The lowest BCUT2D eigenvalue weighted by Gasteiger charge is -2.07. The summed E-state index contributed by atoms with van der Waals surface area (Å²) in [6.45, 7) is 0. The number of aromatic nitrogens is 1. The maximum Gasteiger partial charge on any atom is 0.343 e. The van der Waals surface area contributed by atoms with Crippen molar-refractivity contribution in [2.24, 2.45) is 0 Å². The molecule has 124 valence electrons. The van der Waals surface area contributed by atoms with Crippen LogP contribution in [-0.2, 0) is 0 Å². The van der Waals surface area contributed by atoms with E-state index in [0.29, 0.717) is 17.4 Å². The average Bonchev–Trinajstić information content (AvgIpc) is 2.64. The Morgan fingerprint density at radius 1 is 0.960 bits per heavy atom. The Labute approximate surface area is 142 Å². The Balaban J connectivity index is 1.68. The molecule has 1 heterocycles. The van der Waals surface area contributed by atoms with Crippen molar-refractivity contribution in [3.63, 3.8) is 0 Å². The fourth-order valence-corrected chi connectivity index (χ4v) is 2.02. The van der Waals surface area contributed by atoms with Crippen LogP contribution in [0.25, 0.3) is 0 Å². The molecule has 0 saturated heterocycles. The van der Waals surface area contributed by atoms with Crippen molar-refractivity contribution in [2.75, 3.05) is 0 Å². The highest BCUT2D eigenvalue weighted by molar-refractivity contribution is 5.91. The highest BCUT2D eigenvalue weighted by Crippen LogP contribution is 2.23. The van der Waals surface area contributed by atoms with Crippen LogP contribution in [0.15, 0.2) is 72.9 Å². The molecule has 0 radical (unpaired) electrons. The quantitative estimate of drug-likeness (QED) is 0.303. The smallest absolute Gasteiger partial charge is 0.343 e. The molecule has 0 spiro atoms. The summed E-state index contributed by atoms with van der Waals surface area (Å²) < 4.78 is 10.7. The summed E-state index contributed by atoms with van der Waals surface area (Å²) >= 11 is 0. The minimum atomic E-state index is -0.679. The van der Waals surface area contributed by atoms with Crippen molar-refractivity contribution in [2.45, 2.75) is 0 Å². The van der Waals surface area contributed by atoms with Crippen LogP contribution in [0, 0.1) is 10.1 Å². The predicted octanol–water partition coefficient (Wildman–Crippen LogP) is 4.00. The second-order valence-corrected chi connectivity index (χ2v) is 4.94. The first kappa shape index (κ1) is 16.1. The number of benzene rings is 2. The topological polar surface area (TPSA) is 91.6 Å². The first-order valence-electron chi connectivity index (χ1n) is 7.27. The zero-order valence-corrected chi connectivity index (χ0v) is 12.9. The van der Waals surface area contributed by atoms with Crippen LogP contribution in [0.3, 0.4) is 0 Å². The fourth-order valence-electron chi connectivity index (χ4n) is 2.02. The van der Waals surface area contributed by atoms with Crippen LogP contribution >= 0.6 is 0 Å². The summed E-state index contributed by atoms with van der Waals surface area (Å²) in [6, 6.07) is 17.0. The molecular formula is C18H12N2O5. The summed E-state index contributed by atoms with van der Waals surface area (Å²) in [5, 5.41) is 10.8. The van der Waals surface area contributed by atoms with Crippen LogP contribution < -0.4 is 9.47 Å². The summed E-state index contributed by atoms with van der Waals surface area (Å²) in [5.41, 5.74) is -0.0726. The Bertz CT molecular complexity index is 895. The molecule has 0 aliphatic heterocycles. The molecule has 25 heavy (non-hydrogen) atoms. The summed E-state index contributed by atoms with van der Waals surface area (Å²) in [5.74, 6) is 0.602. The third kappa shape index (κ3) is 4.17. The number of non-ortho nitro benzene ring substituents is 1. The zero-order valence-electron chi connectivity index (χ0n) is 12.9. The lowest BCUT2D eigenvalue weighted by molar-refractivity contribution is -0.384. The van der Waals surface area contributed by atoms with Crippen molar-refractivity contribution in [3.8, 4) is 17.4 Å². The lowest BCUT2D eigenvalue weighted by Crippen LogP contribution is -2.08. The highest BCUT2D eigenvalue weighted by atomic mass is 16.6. The van der Waals surface area contributed by atoms with E-state index in [9.17, 15) is 14.9 Å². The molecule has 0 amide bonds. The van der Waals surface area contributed by atoms with Gasteiger partial charge in [0.1, 0.15) is 11.5 Å². The van der Waals surface area contributed by atoms with E-state index in [1.807, 2.05) is 0 Å². The maximum atomic E-state index is 12.1. The van der Waals surface area contributed by atoms with Gasteiger partial charge in [-0.1, -0.05) is 12.1 Å². The lowest BCUT2D eigenvalue weighted by atomic mass is 10.2. The minimum Gasteiger partial charge on any atom is -0.439 e. The number of nitro groups is 1. The average molecular weight is 336 g/mol. The molecule has 3 aromatic rings. The van der Waals surface area contributed by atoms with Crippen molar-refractivity contribution in [1.29, 1.82) is 0 Å². The number of rotatable bonds is 5. The molecule has 0 aliphatic carbocycles. The Hall–Kier alpha value is -3.74. The minimum absolute atomic E-state index is 0.100. The number of pyridine rings is 1. The van der Waals surface area contributed by atoms with Crippen LogP contribution in [0.4, 0.5) is 5.69 Å². The Morgan fingerprint density at radius 3 is 2.40 bits per heavy atom. The van der Waals surface area contributed by atoms with Gasteiger partial charge in [-0.2, -0.15) is 0 Å². The van der Waals surface area contributed by atoms with Crippen molar-refractivity contribution >= 4 is 11.7 Å². The molecule has 0 unspecified atom stereocenters. The number of hydrogen-bond donors (Lipinski definition) is 0. The number of carbonyl (C=O) groups is 1. The number of esters is 1. The van der Waals surface area contributed by atoms with E-state index < -0.39 is 10.9 Å². The molecule has 7 nitrogen and oxygen atoms in total. The monoisotopic (exact) mass is 336 g/mol. The molecule has 3 rings (SSSR count). The van der Waals surface area contributed by atoms with Gasteiger partial charge >= 0.3 is 5.97 Å². The number of carbonyl (C=O) groups excluding carboxylic acids is 1. The molecule has 0 atom stereocenters. The van der Waals surface area contributed by atoms with Crippen LogP contribution in [0.5, 0.6) is 17.4 Å². The molecule has 7 heteroatoms. The van der Waals surface area contributed by atoms with Gasteiger partial charge in [0.2, 0.25) is 5.88 Å². The molecule has 0 saturated carbocycles. The first-order valence-corrected chi connectivity index (χ1v) is 7.27. The number of nitrogens with zero attached hydrogens (tertiary/aromatic N) is 2. The van der Waals surface area contributed by atoms with Crippen LogP contribution in [0.1, 0.15) is 10.4 Å². The van der Waals surface area contributed by atoms with Crippen molar-refractivity contribution < 1.29 is 19.2 Å². The third-order valence-electron chi connectivity index (χ3n) is 3.19. The highest BCUT2D eigenvalue weighted by Gasteiger charge is 2.13. The first-order chi connectivity index (χ1) is 12.1. The van der Waals surface area contributed by atoms with Crippen LogP contribution in [0.2, 0.25) is 0 Å². The number of hydrogen-bond acceptors (Lipinski definition) is 6. The molecule has 0 N–H and O–H groups in total. The molecule has 0 fully saturated rings. The Kier molecular flexibility index (Phi) is 4.66. The SMILES string of the molecule is O=C(Oc1ccc(Oc2ccccn2)cc1)c1cccc([N+](=O)[O-])c1. The maximum absolute atomic E-state index is 12.1. The van der Waals surface area contributed by atoms with Crippen molar-refractivity contribution in [1.82, 2.24) is 4.98 Å². The molecule has 1 aromatic heterocycles. The van der Waals surface area contributed by atoms with Crippen LogP contribution in [-0.4, -0.2) is 15.9 Å². The van der Waals surface area contributed by atoms with Gasteiger partial charge in [-0.3, -0.25) is 10.1 Å². The van der Waals surface area contributed by atoms with E-state index in [2.05, 4.69) is 4.98 Å². The molecule has 2 aromatic carbocycles. The second-order valence-electron chi connectivity index (χ2n) is 4.94. The van der Waals surface area contributed by atoms with Crippen molar-refractivity contribution in [3.05, 3.63) is 88.6 Å². The molecule has 0 aliphatic rings. The molecule has 0 bridgehead atoms. The third-order valence-corrected chi connectivity index (χ3v) is 3.19. The standard InChI is InChI=1S/C18H12N2O5/c21-18(13-4-3-5-14(12-13)20(22)23)25-16-9-7-15(8-10-16)24-17-6-1-2-11-19-17/h1-12H. The van der Waals surface area contributed by atoms with E-state index in [1.54, 1.807) is 48.7 Å². The fraction of sp³-hybridized carbons (Fsp3) is 0. The van der Waals surface area contributed by atoms with E-state index >= 15 is 0 Å². The summed E-state index contributed by atoms with van der Waals surface area (Å²) in [7, 11) is 0. The number of ether oxygens (including phenoxy) is 2. The van der Waals surface area contributed by atoms with Gasteiger partial charge in [-0.15, -0.1) is 0 Å². The second kappa shape index (κ2) is 7.22. The normalized spacial score (nSPS) is 10.1. The summed E-state index contributed by atoms with van der Waals surface area (Å²) in [4.78, 5) is 26.3. The van der Waals surface area contributed by atoms with E-state index in [1.165, 1.54) is 24.3 Å². The predicted molar refractivity (Wildman–Crippen MR) is 88.8 cm³/mol. The number of nitro benzene ring substituents is 1. The van der Waals surface area contributed by atoms with Gasteiger partial charge < -0.3 is 9.47 Å². The van der Waals surface area contributed by atoms with Gasteiger partial charge in [0.05, 0.1) is 10.5 Å². The molecular weight excluding hydrogens is 324 g/mol. The van der Waals surface area contributed by atoms with E-state index in [4.69, 9.17) is 9.47 Å². The Morgan fingerprint density at radius 2 is 1.72 bits per heavy atom.